The summed E-state index contributed by atoms with van der Waals surface area (Å²) in [5.74, 6) is 0.886. The van der Waals surface area contributed by atoms with E-state index in [2.05, 4.69) is 27.3 Å². The third kappa shape index (κ3) is 4.66. The summed E-state index contributed by atoms with van der Waals surface area (Å²) < 4.78 is 0. The lowest BCUT2D eigenvalue weighted by Crippen LogP contribution is -2.41. The van der Waals surface area contributed by atoms with Gasteiger partial charge in [-0.3, -0.25) is 9.89 Å². The number of hydrogen-bond donors (Lipinski definition) is 2. The Morgan fingerprint density at radius 1 is 1.19 bits per heavy atom. The van der Waals surface area contributed by atoms with Gasteiger partial charge in [0.15, 0.2) is 5.69 Å². The van der Waals surface area contributed by atoms with Crippen molar-refractivity contribution in [3.05, 3.63) is 17.0 Å². The number of fused-ring (bicyclic) bond motifs is 1. The van der Waals surface area contributed by atoms with Gasteiger partial charge in [-0.2, -0.15) is 5.10 Å². The van der Waals surface area contributed by atoms with E-state index in [4.69, 9.17) is 0 Å². The number of H-pyrrole nitrogens is 1. The molecule has 2 saturated heterocycles. The Kier molecular flexibility index (Phi) is 7.17. The smallest absolute Gasteiger partial charge is 0.274 e. The Hall–Kier alpha value is -1.11. The number of carbonyl (C=O) groups excluding carboxylic acids is 1. The van der Waals surface area contributed by atoms with Crippen LogP contribution in [0.4, 0.5) is 0 Å². The van der Waals surface area contributed by atoms with Crippen LogP contribution in [-0.2, 0) is 13.0 Å². The number of carbonyl (C=O) groups is 1. The van der Waals surface area contributed by atoms with Crippen molar-refractivity contribution in [1.82, 2.24) is 25.3 Å². The molecule has 27 heavy (non-hydrogen) atoms. The zero-order chi connectivity index (χ0) is 17.9. The van der Waals surface area contributed by atoms with Crippen LogP contribution in [0.1, 0.15) is 67.2 Å². The van der Waals surface area contributed by atoms with Crippen molar-refractivity contribution in [2.24, 2.45) is 5.92 Å². The Balaban J connectivity index is 0.00000210. The molecular weight excluding hydrogens is 362 g/mol. The molecule has 1 aromatic rings. The molecular formula is C20H34ClN5O. The molecule has 4 heterocycles. The van der Waals surface area contributed by atoms with E-state index in [1.54, 1.807) is 0 Å². The number of amides is 1. The minimum atomic E-state index is 0. The second-order valence-electron chi connectivity index (χ2n) is 8.36. The molecule has 0 bridgehead atoms. The first-order valence-corrected chi connectivity index (χ1v) is 10.5. The van der Waals surface area contributed by atoms with Crippen LogP contribution < -0.4 is 5.32 Å². The zero-order valence-corrected chi connectivity index (χ0v) is 17.3. The van der Waals surface area contributed by atoms with E-state index in [0.717, 1.165) is 68.7 Å². The van der Waals surface area contributed by atoms with Crippen LogP contribution in [0.15, 0.2) is 0 Å². The monoisotopic (exact) mass is 395 g/mol. The summed E-state index contributed by atoms with van der Waals surface area (Å²) in [5, 5.41) is 10.8. The Morgan fingerprint density at radius 2 is 2.00 bits per heavy atom. The molecule has 2 N–H and O–H groups in total. The Bertz CT molecular complexity index is 626. The first-order chi connectivity index (χ1) is 12.7. The first-order valence-electron chi connectivity index (χ1n) is 10.5. The van der Waals surface area contributed by atoms with Crippen molar-refractivity contribution >= 4 is 18.3 Å². The number of nitrogens with zero attached hydrogens (tertiary/aromatic N) is 3. The molecule has 6 nitrogen and oxygen atoms in total. The van der Waals surface area contributed by atoms with Crippen molar-refractivity contribution in [3.8, 4) is 0 Å². The predicted octanol–water partition coefficient (Wildman–Crippen LogP) is 2.59. The molecule has 1 atom stereocenters. The van der Waals surface area contributed by atoms with Crippen LogP contribution >= 0.6 is 12.4 Å². The van der Waals surface area contributed by atoms with Crippen LogP contribution in [0.3, 0.4) is 0 Å². The van der Waals surface area contributed by atoms with Gasteiger partial charge in [-0.25, -0.2) is 0 Å². The number of likely N-dealkylation sites (tertiary alicyclic amines) is 2. The SMILES string of the molecule is CC1CCCCN1CCC1CCN(C(=O)c2n[nH]c3c2CNCC3)CC1.Cl. The summed E-state index contributed by atoms with van der Waals surface area (Å²) in [4.78, 5) is 17.6. The molecule has 1 unspecified atom stereocenters. The van der Waals surface area contributed by atoms with Gasteiger partial charge in [0.2, 0.25) is 0 Å². The fraction of sp³-hybridized carbons (Fsp3) is 0.800. The summed E-state index contributed by atoms with van der Waals surface area (Å²) in [6, 6.07) is 0.755. The normalized spacial score (nSPS) is 24.3. The summed E-state index contributed by atoms with van der Waals surface area (Å²) in [5.41, 5.74) is 2.87. The third-order valence-electron chi connectivity index (χ3n) is 6.68. The van der Waals surface area contributed by atoms with Gasteiger partial charge < -0.3 is 15.1 Å². The van der Waals surface area contributed by atoms with Crippen LogP contribution in [-0.4, -0.2) is 64.7 Å². The Labute approximate surface area is 168 Å². The van der Waals surface area contributed by atoms with Crippen molar-refractivity contribution in [1.29, 1.82) is 0 Å². The second kappa shape index (κ2) is 9.39. The maximum atomic E-state index is 12.9. The lowest BCUT2D eigenvalue weighted by Gasteiger charge is -2.36. The maximum absolute atomic E-state index is 12.9. The molecule has 7 heteroatoms. The maximum Gasteiger partial charge on any atom is 0.274 e. The minimum Gasteiger partial charge on any atom is -0.337 e. The number of aromatic nitrogens is 2. The lowest BCUT2D eigenvalue weighted by atomic mass is 9.92. The summed E-state index contributed by atoms with van der Waals surface area (Å²) in [7, 11) is 0. The standard InChI is InChI=1S/C20H33N5O.ClH/c1-15-4-2-3-10-24(15)11-6-16-7-12-25(13-8-16)20(26)19-17-14-21-9-5-18(17)22-23-19;/h15-16,21H,2-14H2,1H3,(H,22,23);1H. The van der Waals surface area contributed by atoms with Crippen LogP contribution in [0, 0.1) is 5.92 Å². The van der Waals surface area contributed by atoms with Gasteiger partial charge in [0.1, 0.15) is 0 Å². The minimum absolute atomic E-state index is 0. The number of aromatic amines is 1. The summed E-state index contributed by atoms with van der Waals surface area (Å²) in [6.07, 6.45) is 8.61. The fourth-order valence-corrected chi connectivity index (χ4v) is 4.81. The van der Waals surface area contributed by atoms with Gasteiger partial charge in [-0.15, -0.1) is 12.4 Å². The molecule has 3 aliphatic heterocycles. The predicted molar refractivity (Wildman–Crippen MR) is 109 cm³/mol. The average Bonchev–Trinajstić information content (AvgIpc) is 3.11. The lowest BCUT2D eigenvalue weighted by molar-refractivity contribution is 0.0666. The number of halogens is 1. The first kappa shape index (κ1) is 20.6. The van der Waals surface area contributed by atoms with Gasteiger partial charge >= 0.3 is 0 Å². The zero-order valence-electron chi connectivity index (χ0n) is 16.5. The molecule has 152 valence electrons. The van der Waals surface area contributed by atoms with Gasteiger partial charge in [0.25, 0.3) is 5.91 Å². The van der Waals surface area contributed by atoms with Gasteiger partial charge in [-0.1, -0.05) is 6.42 Å². The molecule has 1 amide bonds. The molecule has 0 radical (unpaired) electrons. The highest BCUT2D eigenvalue weighted by Crippen LogP contribution is 2.25. The largest absolute Gasteiger partial charge is 0.337 e. The summed E-state index contributed by atoms with van der Waals surface area (Å²) in [6.45, 7) is 8.37. The third-order valence-corrected chi connectivity index (χ3v) is 6.68. The van der Waals surface area contributed by atoms with Crippen molar-refractivity contribution in [3.63, 3.8) is 0 Å². The van der Waals surface area contributed by atoms with Gasteiger partial charge in [0.05, 0.1) is 0 Å². The molecule has 4 rings (SSSR count). The highest BCUT2D eigenvalue weighted by molar-refractivity contribution is 5.94. The van der Waals surface area contributed by atoms with Crippen molar-refractivity contribution in [2.45, 2.75) is 64.5 Å². The van der Waals surface area contributed by atoms with E-state index in [0.29, 0.717) is 5.69 Å². The van der Waals surface area contributed by atoms with Crippen molar-refractivity contribution < 1.29 is 4.79 Å². The highest BCUT2D eigenvalue weighted by atomic mass is 35.5. The molecule has 0 aromatic carbocycles. The van der Waals surface area contributed by atoms with E-state index >= 15 is 0 Å². The molecule has 1 aromatic heterocycles. The number of piperidine rings is 2. The topological polar surface area (TPSA) is 64.3 Å². The Morgan fingerprint density at radius 3 is 2.78 bits per heavy atom. The van der Waals surface area contributed by atoms with Crippen molar-refractivity contribution in [2.75, 3.05) is 32.7 Å². The molecule has 3 aliphatic rings. The molecule has 2 fully saturated rings. The van der Waals surface area contributed by atoms with E-state index < -0.39 is 0 Å². The van der Waals surface area contributed by atoms with Gasteiger partial charge in [0, 0.05) is 49.9 Å². The molecule has 0 aliphatic carbocycles. The van der Waals surface area contributed by atoms with E-state index in [9.17, 15) is 4.79 Å². The van der Waals surface area contributed by atoms with E-state index in [-0.39, 0.29) is 18.3 Å². The highest BCUT2D eigenvalue weighted by Gasteiger charge is 2.29. The number of nitrogens with one attached hydrogen (secondary N) is 2. The number of rotatable bonds is 4. The fourth-order valence-electron chi connectivity index (χ4n) is 4.81. The van der Waals surface area contributed by atoms with Crippen LogP contribution in [0.25, 0.3) is 0 Å². The van der Waals surface area contributed by atoms with Crippen LogP contribution in [0.5, 0.6) is 0 Å². The summed E-state index contributed by atoms with van der Waals surface area (Å²) >= 11 is 0. The van der Waals surface area contributed by atoms with Crippen LogP contribution in [0.2, 0.25) is 0 Å². The van der Waals surface area contributed by atoms with E-state index in [1.165, 1.54) is 38.8 Å². The van der Waals surface area contributed by atoms with Gasteiger partial charge in [-0.05, 0) is 58.0 Å². The molecule has 0 spiro atoms. The van der Waals surface area contributed by atoms with E-state index in [1.807, 2.05) is 4.90 Å². The molecule has 0 saturated carbocycles. The number of hydrogen-bond acceptors (Lipinski definition) is 4. The second-order valence-corrected chi connectivity index (χ2v) is 8.36. The quantitative estimate of drug-likeness (QED) is 0.822. The average molecular weight is 396 g/mol.